The molecule has 0 spiro atoms. The van der Waals surface area contributed by atoms with Crippen LogP contribution in [-0.4, -0.2) is 46.1 Å². The van der Waals surface area contributed by atoms with E-state index in [0.29, 0.717) is 23.9 Å². The Kier molecular flexibility index (Phi) is 5.73. The summed E-state index contributed by atoms with van der Waals surface area (Å²) >= 11 is 0. The Morgan fingerprint density at radius 1 is 1.20 bits per heavy atom. The second-order valence-electron chi connectivity index (χ2n) is 7.70. The fraction of sp³-hybridized carbons (Fsp3) is 0.364. The summed E-state index contributed by atoms with van der Waals surface area (Å²) in [5.74, 6) is 0.533. The SMILES string of the molecule is COc1ccc(C)cc1OS(=O)(=O)c1cc(CN2CCN[C@H](C)C2)c2occc2c1. The molecule has 8 heteroatoms. The molecule has 4 rings (SSSR count). The van der Waals surface area contributed by atoms with E-state index in [-0.39, 0.29) is 10.6 Å². The fourth-order valence-corrected chi connectivity index (χ4v) is 4.82. The molecule has 1 saturated heterocycles. The quantitative estimate of drug-likeness (QED) is 0.601. The molecule has 0 saturated carbocycles. The lowest BCUT2D eigenvalue weighted by Crippen LogP contribution is -2.48. The van der Waals surface area contributed by atoms with Crippen molar-refractivity contribution >= 4 is 21.1 Å². The van der Waals surface area contributed by atoms with Crippen molar-refractivity contribution in [3.05, 3.63) is 53.8 Å². The summed E-state index contributed by atoms with van der Waals surface area (Å²) in [7, 11) is -2.58. The van der Waals surface area contributed by atoms with Gasteiger partial charge in [0.2, 0.25) is 0 Å². The molecule has 1 N–H and O–H groups in total. The molecule has 0 aliphatic carbocycles. The molecular weight excluding hydrogens is 404 g/mol. The van der Waals surface area contributed by atoms with E-state index in [9.17, 15) is 8.42 Å². The zero-order valence-corrected chi connectivity index (χ0v) is 18.2. The van der Waals surface area contributed by atoms with E-state index >= 15 is 0 Å². The number of fused-ring (bicyclic) bond motifs is 1. The summed E-state index contributed by atoms with van der Waals surface area (Å²) in [5.41, 5.74) is 2.40. The third-order valence-corrected chi connectivity index (χ3v) is 6.47. The van der Waals surface area contributed by atoms with Gasteiger partial charge in [0.05, 0.1) is 13.4 Å². The number of piperazine rings is 1. The number of nitrogens with one attached hydrogen (secondary N) is 1. The van der Waals surface area contributed by atoms with Gasteiger partial charge in [0.15, 0.2) is 11.5 Å². The lowest BCUT2D eigenvalue weighted by atomic mass is 10.1. The summed E-state index contributed by atoms with van der Waals surface area (Å²) in [6.07, 6.45) is 1.58. The second kappa shape index (κ2) is 8.29. The minimum Gasteiger partial charge on any atom is -0.493 e. The highest BCUT2D eigenvalue weighted by Gasteiger charge is 2.24. The first kappa shape index (κ1) is 20.7. The van der Waals surface area contributed by atoms with Gasteiger partial charge in [-0.25, -0.2) is 0 Å². The number of rotatable bonds is 6. The van der Waals surface area contributed by atoms with E-state index in [1.165, 1.54) is 7.11 Å². The zero-order valence-electron chi connectivity index (χ0n) is 17.3. The van der Waals surface area contributed by atoms with Gasteiger partial charge in [0.1, 0.15) is 10.5 Å². The van der Waals surface area contributed by atoms with Crippen molar-refractivity contribution in [2.24, 2.45) is 0 Å². The monoisotopic (exact) mass is 430 g/mol. The summed E-state index contributed by atoms with van der Waals surface area (Å²) in [4.78, 5) is 2.39. The maximum Gasteiger partial charge on any atom is 0.339 e. The molecule has 0 unspecified atom stereocenters. The zero-order chi connectivity index (χ0) is 21.3. The Bertz CT molecular complexity index is 1160. The summed E-state index contributed by atoms with van der Waals surface area (Å²) < 4.78 is 42.6. The minimum absolute atomic E-state index is 0.0955. The van der Waals surface area contributed by atoms with Crippen molar-refractivity contribution in [1.82, 2.24) is 10.2 Å². The molecule has 1 aliphatic rings. The van der Waals surface area contributed by atoms with Crippen LogP contribution >= 0.6 is 0 Å². The van der Waals surface area contributed by atoms with Crippen LogP contribution in [0.2, 0.25) is 0 Å². The Morgan fingerprint density at radius 2 is 2.03 bits per heavy atom. The first-order chi connectivity index (χ1) is 14.4. The topological polar surface area (TPSA) is 81.0 Å². The Morgan fingerprint density at radius 3 is 2.80 bits per heavy atom. The van der Waals surface area contributed by atoms with E-state index < -0.39 is 10.1 Å². The minimum atomic E-state index is -4.06. The summed E-state index contributed by atoms with van der Waals surface area (Å²) in [6.45, 7) is 7.28. The van der Waals surface area contributed by atoms with Crippen LogP contribution in [0.15, 0.2) is 52.0 Å². The molecule has 0 amide bonds. The molecular formula is C22H26N2O5S. The normalized spacial score (nSPS) is 17.9. The molecule has 1 fully saturated rings. The van der Waals surface area contributed by atoms with Crippen LogP contribution in [0.1, 0.15) is 18.1 Å². The van der Waals surface area contributed by atoms with E-state index in [1.54, 1.807) is 36.6 Å². The van der Waals surface area contributed by atoms with Crippen molar-refractivity contribution < 1.29 is 21.8 Å². The number of benzene rings is 2. The van der Waals surface area contributed by atoms with E-state index in [0.717, 1.165) is 36.1 Å². The molecule has 1 aliphatic heterocycles. The van der Waals surface area contributed by atoms with Gasteiger partial charge in [0.25, 0.3) is 0 Å². The van der Waals surface area contributed by atoms with Gasteiger partial charge in [-0.1, -0.05) is 6.07 Å². The van der Waals surface area contributed by atoms with Crippen LogP contribution in [0.3, 0.4) is 0 Å². The first-order valence-corrected chi connectivity index (χ1v) is 11.3. The van der Waals surface area contributed by atoms with Crippen LogP contribution in [0.4, 0.5) is 0 Å². The van der Waals surface area contributed by atoms with Gasteiger partial charge < -0.3 is 18.7 Å². The van der Waals surface area contributed by atoms with E-state index in [1.807, 2.05) is 13.0 Å². The van der Waals surface area contributed by atoms with Gasteiger partial charge in [-0.15, -0.1) is 0 Å². The Labute approximate surface area is 176 Å². The van der Waals surface area contributed by atoms with E-state index in [4.69, 9.17) is 13.3 Å². The smallest absolute Gasteiger partial charge is 0.339 e. The number of methoxy groups -OCH3 is 1. The Balaban J connectivity index is 1.69. The van der Waals surface area contributed by atoms with Crippen molar-refractivity contribution in [2.45, 2.75) is 31.3 Å². The van der Waals surface area contributed by atoms with Crippen LogP contribution < -0.4 is 14.2 Å². The van der Waals surface area contributed by atoms with Gasteiger partial charge in [-0.3, -0.25) is 4.90 Å². The van der Waals surface area contributed by atoms with Gasteiger partial charge in [-0.2, -0.15) is 8.42 Å². The molecule has 30 heavy (non-hydrogen) atoms. The lowest BCUT2D eigenvalue weighted by Gasteiger charge is -2.31. The lowest BCUT2D eigenvalue weighted by molar-refractivity contribution is 0.199. The summed E-state index contributed by atoms with van der Waals surface area (Å²) in [5, 5.41) is 4.15. The van der Waals surface area contributed by atoms with Crippen LogP contribution in [0.25, 0.3) is 11.0 Å². The highest BCUT2D eigenvalue weighted by molar-refractivity contribution is 7.87. The maximum absolute atomic E-state index is 13.1. The standard InChI is InChI=1S/C22H26N2O5S/c1-15-4-5-20(27-3)21(10-15)29-30(25,26)19-11-17-6-9-28-22(17)18(12-19)14-24-8-7-23-16(2)13-24/h4-6,9-12,16,23H,7-8,13-14H2,1-3H3/t16-/m1/s1. The summed E-state index contributed by atoms with van der Waals surface area (Å²) in [6, 6.07) is 10.6. The molecule has 0 bridgehead atoms. The first-order valence-electron chi connectivity index (χ1n) is 9.91. The number of ether oxygens (including phenoxy) is 1. The molecule has 1 atom stereocenters. The predicted octanol–water partition coefficient (Wildman–Crippen LogP) is 3.31. The van der Waals surface area contributed by atoms with Crippen molar-refractivity contribution in [1.29, 1.82) is 0 Å². The van der Waals surface area contributed by atoms with Gasteiger partial charge >= 0.3 is 10.1 Å². The van der Waals surface area contributed by atoms with Crippen LogP contribution in [0, 0.1) is 6.92 Å². The molecule has 0 radical (unpaired) electrons. The average molecular weight is 431 g/mol. The van der Waals surface area contributed by atoms with Crippen LogP contribution in [-0.2, 0) is 16.7 Å². The number of nitrogens with zero attached hydrogens (tertiary/aromatic N) is 1. The van der Waals surface area contributed by atoms with Gasteiger partial charge in [0, 0.05) is 43.2 Å². The number of hydrogen-bond acceptors (Lipinski definition) is 7. The van der Waals surface area contributed by atoms with Crippen molar-refractivity contribution in [2.75, 3.05) is 26.7 Å². The highest BCUT2D eigenvalue weighted by Crippen LogP contribution is 2.32. The second-order valence-corrected chi connectivity index (χ2v) is 9.25. The van der Waals surface area contributed by atoms with Crippen molar-refractivity contribution in [3.63, 3.8) is 0 Å². The van der Waals surface area contributed by atoms with E-state index in [2.05, 4.69) is 17.1 Å². The largest absolute Gasteiger partial charge is 0.493 e. The fourth-order valence-electron chi connectivity index (χ4n) is 3.80. The predicted molar refractivity (Wildman–Crippen MR) is 115 cm³/mol. The van der Waals surface area contributed by atoms with Gasteiger partial charge in [-0.05, 0) is 49.7 Å². The average Bonchev–Trinajstić information content (AvgIpc) is 3.17. The highest BCUT2D eigenvalue weighted by atomic mass is 32.2. The Hall–Kier alpha value is -2.55. The molecule has 3 aromatic rings. The van der Waals surface area contributed by atoms with Crippen molar-refractivity contribution in [3.8, 4) is 11.5 Å². The molecule has 160 valence electrons. The third-order valence-electron chi connectivity index (χ3n) is 5.26. The molecule has 7 nitrogen and oxygen atoms in total. The number of furan rings is 1. The molecule has 2 aromatic carbocycles. The molecule has 1 aromatic heterocycles. The maximum atomic E-state index is 13.1. The molecule has 2 heterocycles. The third kappa shape index (κ3) is 4.30. The number of hydrogen-bond donors (Lipinski definition) is 1. The number of aryl methyl sites for hydroxylation is 1. The van der Waals surface area contributed by atoms with Crippen LogP contribution in [0.5, 0.6) is 11.5 Å².